The second-order valence-corrected chi connectivity index (χ2v) is 7.06. The monoisotopic (exact) mass is 367 g/mol. The van der Waals surface area contributed by atoms with Gasteiger partial charge in [-0.25, -0.2) is 0 Å². The summed E-state index contributed by atoms with van der Waals surface area (Å²) >= 11 is 0. The molecule has 0 bridgehead atoms. The molecule has 0 saturated heterocycles. The van der Waals surface area contributed by atoms with E-state index in [2.05, 4.69) is 51.2 Å². The van der Waals surface area contributed by atoms with Crippen molar-refractivity contribution in [3.05, 3.63) is 59.2 Å². The molecule has 27 heavy (non-hydrogen) atoms. The SMILES string of the molecule is COc1ccc(/C=C/C(=O)Nc2c(C(C)C)cccc2C(C)C)cc1OC. The van der Waals surface area contributed by atoms with E-state index < -0.39 is 0 Å². The zero-order chi connectivity index (χ0) is 20.0. The first-order valence-electron chi connectivity index (χ1n) is 9.21. The lowest BCUT2D eigenvalue weighted by molar-refractivity contribution is -0.111. The van der Waals surface area contributed by atoms with Crippen molar-refractivity contribution in [2.24, 2.45) is 0 Å². The average Bonchev–Trinajstić information content (AvgIpc) is 2.65. The molecule has 2 rings (SSSR count). The van der Waals surface area contributed by atoms with Gasteiger partial charge >= 0.3 is 0 Å². The molecule has 2 aromatic rings. The third kappa shape index (κ3) is 5.13. The van der Waals surface area contributed by atoms with Crippen LogP contribution in [0.1, 0.15) is 56.2 Å². The molecule has 0 aromatic heterocycles. The smallest absolute Gasteiger partial charge is 0.248 e. The van der Waals surface area contributed by atoms with Gasteiger partial charge in [-0.1, -0.05) is 52.0 Å². The molecule has 0 unspecified atom stereocenters. The Kier molecular flexibility index (Phi) is 7.05. The van der Waals surface area contributed by atoms with E-state index in [0.717, 1.165) is 22.4 Å². The number of nitrogens with one attached hydrogen (secondary N) is 1. The molecular weight excluding hydrogens is 338 g/mol. The Labute approximate surface area is 162 Å². The fourth-order valence-corrected chi connectivity index (χ4v) is 2.99. The summed E-state index contributed by atoms with van der Waals surface area (Å²) in [6.45, 7) is 8.53. The average molecular weight is 367 g/mol. The summed E-state index contributed by atoms with van der Waals surface area (Å²) in [6, 6.07) is 11.7. The predicted molar refractivity (Wildman–Crippen MR) is 112 cm³/mol. The third-order valence-corrected chi connectivity index (χ3v) is 4.46. The van der Waals surface area contributed by atoms with Crippen molar-refractivity contribution < 1.29 is 14.3 Å². The molecule has 0 aliphatic carbocycles. The molecular formula is C23H29NO3. The summed E-state index contributed by atoms with van der Waals surface area (Å²) in [6.07, 6.45) is 3.31. The van der Waals surface area contributed by atoms with Gasteiger partial charge in [0.25, 0.3) is 0 Å². The Morgan fingerprint density at radius 2 is 1.52 bits per heavy atom. The van der Waals surface area contributed by atoms with Crippen LogP contribution in [0.4, 0.5) is 5.69 Å². The van der Waals surface area contributed by atoms with E-state index in [-0.39, 0.29) is 5.91 Å². The van der Waals surface area contributed by atoms with Gasteiger partial charge in [-0.3, -0.25) is 4.79 Å². The molecule has 0 aliphatic heterocycles. The highest BCUT2D eigenvalue weighted by Crippen LogP contribution is 2.32. The largest absolute Gasteiger partial charge is 0.493 e. The summed E-state index contributed by atoms with van der Waals surface area (Å²) < 4.78 is 10.5. The fourth-order valence-electron chi connectivity index (χ4n) is 2.99. The molecule has 0 aliphatic rings. The molecule has 0 fully saturated rings. The van der Waals surface area contributed by atoms with E-state index in [1.807, 2.05) is 18.2 Å². The Morgan fingerprint density at radius 3 is 2.04 bits per heavy atom. The van der Waals surface area contributed by atoms with E-state index in [4.69, 9.17) is 9.47 Å². The van der Waals surface area contributed by atoms with Crippen LogP contribution in [0, 0.1) is 0 Å². The number of benzene rings is 2. The summed E-state index contributed by atoms with van der Waals surface area (Å²) in [7, 11) is 3.19. The van der Waals surface area contributed by atoms with Gasteiger partial charge in [0.05, 0.1) is 14.2 Å². The standard InChI is InChI=1S/C23H29NO3/c1-15(2)18-8-7-9-19(16(3)4)23(18)24-22(25)13-11-17-10-12-20(26-5)21(14-17)27-6/h7-16H,1-6H3,(H,24,25)/b13-11+. The number of rotatable bonds is 7. The Morgan fingerprint density at radius 1 is 0.926 bits per heavy atom. The molecule has 4 nitrogen and oxygen atoms in total. The van der Waals surface area contributed by atoms with Crippen LogP contribution in [-0.2, 0) is 4.79 Å². The number of para-hydroxylation sites is 1. The maximum Gasteiger partial charge on any atom is 0.248 e. The lowest BCUT2D eigenvalue weighted by Gasteiger charge is -2.19. The zero-order valence-electron chi connectivity index (χ0n) is 17.0. The van der Waals surface area contributed by atoms with Crippen LogP contribution in [0.2, 0.25) is 0 Å². The van der Waals surface area contributed by atoms with Crippen molar-refractivity contribution in [2.45, 2.75) is 39.5 Å². The minimum Gasteiger partial charge on any atom is -0.493 e. The highest BCUT2D eigenvalue weighted by atomic mass is 16.5. The topological polar surface area (TPSA) is 47.6 Å². The van der Waals surface area contributed by atoms with Gasteiger partial charge in [0.1, 0.15) is 0 Å². The summed E-state index contributed by atoms with van der Waals surface area (Å²) in [5, 5.41) is 3.08. The van der Waals surface area contributed by atoms with Crippen LogP contribution in [0.25, 0.3) is 6.08 Å². The van der Waals surface area contributed by atoms with Crippen LogP contribution in [-0.4, -0.2) is 20.1 Å². The van der Waals surface area contributed by atoms with Crippen LogP contribution >= 0.6 is 0 Å². The lowest BCUT2D eigenvalue weighted by Crippen LogP contribution is -2.13. The normalized spacial score (nSPS) is 11.3. The number of carbonyl (C=O) groups excluding carboxylic acids is 1. The van der Waals surface area contributed by atoms with Gasteiger partial charge in [-0.15, -0.1) is 0 Å². The number of hydrogen-bond acceptors (Lipinski definition) is 3. The molecule has 2 aromatic carbocycles. The second-order valence-electron chi connectivity index (χ2n) is 7.06. The zero-order valence-corrected chi connectivity index (χ0v) is 17.0. The first kappa shape index (κ1) is 20.6. The van der Waals surface area contributed by atoms with E-state index in [1.54, 1.807) is 26.4 Å². The van der Waals surface area contributed by atoms with Crippen LogP contribution in [0.15, 0.2) is 42.5 Å². The van der Waals surface area contributed by atoms with E-state index in [1.165, 1.54) is 0 Å². The Hall–Kier alpha value is -2.75. The van der Waals surface area contributed by atoms with Crippen LogP contribution < -0.4 is 14.8 Å². The lowest BCUT2D eigenvalue weighted by atomic mass is 9.92. The Bertz CT molecular complexity index is 796. The molecule has 144 valence electrons. The predicted octanol–water partition coefficient (Wildman–Crippen LogP) is 5.60. The molecule has 0 spiro atoms. The molecule has 1 N–H and O–H groups in total. The number of ether oxygens (including phenoxy) is 2. The van der Waals surface area contributed by atoms with Crippen molar-refractivity contribution in [3.8, 4) is 11.5 Å². The summed E-state index contributed by atoms with van der Waals surface area (Å²) in [5.74, 6) is 1.79. The molecule has 4 heteroatoms. The molecule has 0 saturated carbocycles. The van der Waals surface area contributed by atoms with Gasteiger partial charge in [0.2, 0.25) is 5.91 Å². The van der Waals surface area contributed by atoms with Crippen molar-refractivity contribution in [1.82, 2.24) is 0 Å². The second kappa shape index (κ2) is 9.26. The molecule has 0 heterocycles. The van der Waals surface area contributed by atoms with E-state index in [9.17, 15) is 4.79 Å². The fraction of sp³-hybridized carbons (Fsp3) is 0.348. The van der Waals surface area contributed by atoms with E-state index >= 15 is 0 Å². The quantitative estimate of drug-likeness (QED) is 0.648. The third-order valence-electron chi connectivity index (χ3n) is 4.46. The van der Waals surface area contributed by atoms with Gasteiger partial charge in [0.15, 0.2) is 11.5 Å². The van der Waals surface area contributed by atoms with Gasteiger partial charge < -0.3 is 14.8 Å². The van der Waals surface area contributed by atoms with Crippen LogP contribution in [0.5, 0.6) is 11.5 Å². The van der Waals surface area contributed by atoms with Gasteiger partial charge in [0, 0.05) is 11.8 Å². The van der Waals surface area contributed by atoms with Gasteiger partial charge in [-0.2, -0.15) is 0 Å². The molecule has 1 amide bonds. The summed E-state index contributed by atoms with van der Waals surface area (Å²) in [4.78, 5) is 12.6. The maximum atomic E-state index is 12.6. The first-order valence-corrected chi connectivity index (χ1v) is 9.21. The highest BCUT2D eigenvalue weighted by Gasteiger charge is 2.15. The number of hydrogen-bond donors (Lipinski definition) is 1. The van der Waals surface area contributed by atoms with Crippen molar-refractivity contribution in [1.29, 1.82) is 0 Å². The highest BCUT2D eigenvalue weighted by molar-refractivity contribution is 6.03. The first-order chi connectivity index (χ1) is 12.9. The summed E-state index contributed by atoms with van der Waals surface area (Å²) in [5.41, 5.74) is 4.08. The maximum absolute atomic E-state index is 12.6. The van der Waals surface area contributed by atoms with Crippen molar-refractivity contribution in [2.75, 3.05) is 19.5 Å². The minimum atomic E-state index is -0.153. The van der Waals surface area contributed by atoms with Crippen LogP contribution in [0.3, 0.4) is 0 Å². The van der Waals surface area contributed by atoms with Gasteiger partial charge in [-0.05, 0) is 46.7 Å². The number of methoxy groups -OCH3 is 2. The van der Waals surface area contributed by atoms with Crippen molar-refractivity contribution in [3.63, 3.8) is 0 Å². The number of anilines is 1. The number of amides is 1. The van der Waals surface area contributed by atoms with Crippen molar-refractivity contribution >= 4 is 17.7 Å². The number of carbonyl (C=O) groups is 1. The van der Waals surface area contributed by atoms with E-state index in [0.29, 0.717) is 23.3 Å². The molecule has 0 atom stereocenters. The Balaban J connectivity index is 2.24. The molecule has 0 radical (unpaired) electrons. The minimum absolute atomic E-state index is 0.153.